The summed E-state index contributed by atoms with van der Waals surface area (Å²) >= 11 is 0. The van der Waals surface area contributed by atoms with Crippen LogP contribution in [0.25, 0.3) is 0 Å². The molecule has 0 aromatic heterocycles. The molecule has 17 heavy (non-hydrogen) atoms. The van der Waals surface area contributed by atoms with Gasteiger partial charge in [-0.05, 0) is 62.3 Å². The number of aryl methyl sites for hydroxylation is 2. The lowest BCUT2D eigenvalue weighted by molar-refractivity contribution is 0.117. The van der Waals surface area contributed by atoms with Crippen LogP contribution in [0.15, 0.2) is 18.2 Å². The first-order chi connectivity index (χ1) is 8.15. The largest absolute Gasteiger partial charge is 0.494 e. The standard InChI is InChI=1S/C15H22O2/c1-11-8-12(2)10-14(9-11)17-7-6-13-4-3-5-15(13)16/h8-10,13,15-16H,3-7H2,1-2H3. The van der Waals surface area contributed by atoms with Crippen molar-refractivity contribution in [2.24, 2.45) is 5.92 Å². The average molecular weight is 234 g/mol. The van der Waals surface area contributed by atoms with Crippen LogP contribution in [0.1, 0.15) is 36.8 Å². The van der Waals surface area contributed by atoms with E-state index in [9.17, 15) is 5.11 Å². The van der Waals surface area contributed by atoms with Crippen molar-refractivity contribution < 1.29 is 9.84 Å². The van der Waals surface area contributed by atoms with E-state index < -0.39 is 0 Å². The van der Waals surface area contributed by atoms with E-state index in [4.69, 9.17) is 4.74 Å². The molecule has 2 atom stereocenters. The molecule has 94 valence electrons. The quantitative estimate of drug-likeness (QED) is 0.866. The molecular formula is C15H22O2. The predicted octanol–water partition coefficient (Wildman–Crippen LogP) is 3.23. The number of ether oxygens (including phenoxy) is 1. The van der Waals surface area contributed by atoms with Gasteiger partial charge in [0, 0.05) is 0 Å². The summed E-state index contributed by atoms with van der Waals surface area (Å²) in [6.07, 6.45) is 4.15. The summed E-state index contributed by atoms with van der Waals surface area (Å²) in [5, 5.41) is 9.72. The van der Waals surface area contributed by atoms with Crippen LogP contribution in [0, 0.1) is 19.8 Å². The Morgan fingerprint density at radius 2 is 1.88 bits per heavy atom. The van der Waals surface area contributed by atoms with Gasteiger partial charge in [0.25, 0.3) is 0 Å². The number of hydrogen-bond donors (Lipinski definition) is 1. The molecule has 2 nitrogen and oxygen atoms in total. The van der Waals surface area contributed by atoms with Gasteiger partial charge >= 0.3 is 0 Å². The van der Waals surface area contributed by atoms with Crippen molar-refractivity contribution in [2.75, 3.05) is 6.61 Å². The van der Waals surface area contributed by atoms with Crippen molar-refractivity contribution in [3.05, 3.63) is 29.3 Å². The van der Waals surface area contributed by atoms with Crippen LogP contribution in [-0.4, -0.2) is 17.8 Å². The van der Waals surface area contributed by atoms with Gasteiger partial charge < -0.3 is 9.84 Å². The second-order valence-corrected chi connectivity index (χ2v) is 5.22. The maximum atomic E-state index is 9.72. The third kappa shape index (κ3) is 3.47. The van der Waals surface area contributed by atoms with Crippen molar-refractivity contribution in [2.45, 2.75) is 45.6 Å². The molecule has 0 amide bonds. The SMILES string of the molecule is Cc1cc(C)cc(OCCC2CCCC2O)c1. The highest BCUT2D eigenvalue weighted by Crippen LogP contribution is 2.28. The molecule has 0 bridgehead atoms. The number of rotatable bonds is 4. The summed E-state index contributed by atoms with van der Waals surface area (Å²) in [6, 6.07) is 6.28. The fourth-order valence-corrected chi connectivity index (χ4v) is 2.70. The van der Waals surface area contributed by atoms with Crippen LogP contribution < -0.4 is 4.74 Å². The van der Waals surface area contributed by atoms with E-state index in [-0.39, 0.29) is 6.10 Å². The first kappa shape index (κ1) is 12.4. The molecule has 1 saturated carbocycles. The normalized spacial score (nSPS) is 23.9. The Bertz CT molecular complexity index is 353. The lowest BCUT2D eigenvalue weighted by Gasteiger charge is -2.15. The minimum atomic E-state index is -0.0992. The Hall–Kier alpha value is -1.02. The van der Waals surface area contributed by atoms with Crippen molar-refractivity contribution in [3.63, 3.8) is 0 Å². The molecule has 1 fully saturated rings. The van der Waals surface area contributed by atoms with Gasteiger partial charge in [0.1, 0.15) is 5.75 Å². The van der Waals surface area contributed by atoms with Crippen molar-refractivity contribution >= 4 is 0 Å². The summed E-state index contributed by atoms with van der Waals surface area (Å²) in [7, 11) is 0. The zero-order chi connectivity index (χ0) is 12.3. The second-order valence-electron chi connectivity index (χ2n) is 5.22. The molecule has 1 aliphatic rings. The van der Waals surface area contributed by atoms with Crippen LogP contribution >= 0.6 is 0 Å². The molecule has 1 aromatic carbocycles. The minimum Gasteiger partial charge on any atom is -0.494 e. The molecule has 1 aromatic rings. The molecule has 0 radical (unpaired) electrons. The molecule has 0 heterocycles. The third-order valence-corrected chi connectivity index (χ3v) is 3.57. The summed E-state index contributed by atoms with van der Waals surface area (Å²) in [5.41, 5.74) is 2.47. The summed E-state index contributed by atoms with van der Waals surface area (Å²) < 4.78 is 5.77. The van der Waals surface area contributed by atoms with Gasteiger partial charge in [0.15, 0.2) is 0 Å². The highest BCUT2D eigenvalue weighted by molar-refractivity contribution is 5.32. The summed E-state index contributed by atoms with van der Waals surface area (Å²) in [6.45, 7) is 4.88. The van der Waals surface area contributed by atoms with Gasteiger partial charge in [-0.3, -0.25) is 0 Å². The maximum absolute atomic E-state index is 9.72. The average Bonchev–Trinajstić information content (AvgIpc) is 2.63. The van der Waals surface area contributed by atoms with Crippen molar-refractivity contribution in [3.8, 4) is 5.75 Å². The lowest BCUT2D eigenvalue weighted by Crippen LogP contribution is -2.16. The molecule has 2 rings (SSSR count). The summed E-state index contributed by atoms with van der Waals surface area (Å²) in [4.78, 5) is 0. The topological polar surface area (TPSA) is 29.5 Å². The Kier molecular flexibility index (Phi) is 4.06. The molecule has 0 aliphatic heterocycles. The Balaban J connectivity index is 1.81. The second kappa shape index (κ2) is 5.54. The molecule has 2 heteroatoms. The van der Waals surface area contributed by atoms with E-state index in [1.54, 1.807) is 0 Å². The molecule has 0 spiro atoms. The highest BCUT2D eigenvalue weighted by atomic mass is 16.5. The number of aliphatic hydroxyl groups is 1. The van der Waals surface area contributed by atoms with Crippen LogP contribution in [0.2, 0.25) is 0 Å². The Morgan fingerprint density at radius 1 is 1.18 bits per heavy atom. The van der Waals surface area contributed by atoms with Gasteiger partial charge in [-0.15, -0.1) is 0 Å². The number of benzene rings is 1. The number of hydrogen-bond acceptors (Lipinski definition) is 2. The first-order valence-corrected chi connectivity index (χ1v) is 6.54. The van der Waals surface area contributed by atoms with Crippen molar-refractivity contribution in [1.29, 1.82) is 0 Å². The van der Waals surface area contributed by atoms with Crippen LogP contribution in [-0.2, 0) is 0 Å². The zero-order valence-electron chi connectivity index (χ0n) is 10.8. The molecule has 1 N–H and O–H groups in total. The predicted molar refractivity (Wildman–Crippen MR) is 69.4 cm³/mol. The van der Waals surface area contributed by atoms with E-state index >= 15 is 0 Å². The number of aliphatic hydroxyl groups excluding tert-OH is 1. The molecule has 2 unspecified atom stereocenters. The molecule has 1 aliphatic carbocycles. The van der Waals surface area contributed by atoms with E-state index in [1.807, 2.05) is 0 Å². The minimum absolute atomic E-state index is 0.0992. The first-order valence-electron chi connectivity index (χ1n) is 6.54. The Labute approximate surface area is 104 Å². The van der Waals surface area contributed by atoms with Gasteiger partial charge in [-0.25, -0.2) is 0 Å². The lowest BCUT2D eigenvalue weighted by atomic mass is 10.0. The highest BCUT2D eigenvalue weighted by Gasteiger charge is 2.24. The van der Waals surface area contributed by atoms with Crippen LogP contribution in [0.4, 0.5) is 0 Å². The van der Waals surface area contributed by atoms with Crippen molar-refractivity contribution in [1.82, 2.24) is 0 Å². The maximum Gasteiger partial charge on any atom is 0.119 e. The fraction of sp³-hybridized carbons (Fsp3) is 0.600. The van der Waals surface area contributed by atoms with Crippen LogP contribution in [0.3, 0.4) is 0 Å². The molecule has 0 saturated heterocycles. The fourth-order valence-electron chi connectivity index (χ4n) is 2.70. The smallest absolute Gasteiger partial charge is 0.119 e. The van der Waals surface area contributed by atoms with E-state index in [1.165, 1.54) is 11.1 Å². The zero-order valence-corrected chi connectivity index (χ0v) is 10.8. The van der Waals surface area contributed by atoms with E-state index in [0.29, 0.717) is 12.5 Å². The molecular weight excluding hydrogens is 212 g/mol. The monoisotopic (exact) mass is 234 g/mol. The van der Waals surface area contributed by atoms with Gasteiger partial charge in [0.05, 0.1) is 12.7 Å². The van der Waals surface area contributed by atoms with Crippen LogP contribution in [0.5, 0.6) is 5.75 Å². The van der Waals surface area contributed by atoms with E-state index in [2.05, 4.69) is 32.0 Å². The van der Waals surface area contributed by atoms with E-state index in [0.717, 1.165) is 31.4 Å². The van der Waals surface area contributed by atoms with Gasteiger partial charge in [0.2, 0.25) is 0 Å². The Morgan fingerprint density at radius 3 is 2.47 bits per heavy atom. The summed E-state index contributed by atoms with van der Waals surface area (Å²) in [5.74, 6) is 1.40. The van der Waals surface area contributed by atoms with Gasteiger partial charge in [-0.1, -0.05) is 12.5 Å². The third-order valence-electron chi connectivity index (χ3n) is 3.57. The van der Waals surface area contributed by atoms with Gasteiger partial charge in [-0.2, -0.15) is 0 Å².